The van der Waals surface area contributed by atoms with Crippen LogP contribution in [-0.4, -0.2) is 0 Å². The van der Waals surface area contributed by atoms with Gasteiger partial charge >= 0.3 is 6.05 Å². The lowest BCUT2D eigenvalue weighted by Gasteiger charge is -2.05. The Morgan fingerprint density at radius 1 is 1.10 bits per heavy atom. The molecule has 0 aromatic heterocycles. The fourth-order valence-electron chi connectivity index (χ4n) is 0.639. The summed E-state index contributed by atoms with van der Waals surface area (Å²) in [6.45, 7) is 0. The van der Waals surface area contributed by atoms with Crippen molar-refractivity contribution in [3.63, 3.8) is 0 Å². The maximum Gasteiger partial charge on any atom is 0.359 e. The van der Waals surface area contributed by atoms with E-state index in [1.54, 1.807) is 6.07 Å². The summed E-state index contributed by atoms with van der Waals surface area (Å²) in [4.78, 5) is 0. The van der Waals surface area contributed by atoms with Gasteiger partial charge in [0.25, 0.3) is 0 Å². The zero-order valence-corrected chi connectivity index (χ0v) is 5.09. The summed E-state index contributed by atoms with van der Waals surface area (Å²) in [6, 6.07) is 3.12. The molecule has 0 saturated heterocycles. The van der Waals surface area contributed by atoms with Crippen LogP contribution in [-0.2, 0) is 6.05 Å². The highest BCUT2D eigenvalue weighted by Crippen LogP contribution is 2.21. The molecule has 0 N–H and O–H groups in total. The SMILES string of the molecule is [N]C(F)(F)c1ccccc1. The lowest BCUT2D eigenvalue weighted by atomic mass is 10.2. The minimum atomic E-state index is -3.71. The van der Waals surface area contributed by atoms with Crippen LogP contribution < -0.4 is 5.73 Å². The molecule has 0 spiro atoms. The van der Waals surface area contributed by atoms with Gasteiger partial charge in [0.15, 0.2) is 0 Å². The number of hydrogen-bond acceptors (Lipinski definition) is 0. The van der Waals surface area contributed by atoms with Crippen LogP contribution in [0.4, 0.5) is 8.78 Å². The van der Waals surface area contributed by atoms with Crippen LogP contribution in [0.15, 0.2) is 30.3 Å². The van der Waals surface area contributed by atoms with Crippen LogP contribution in [0.25, 0.3) is 0 Å². The Bertz CT molecular complexity index is 203. The molecule has 0 bridgehead atoms. The van der Waals surface area contributed by atoms with Gasteiger partial charge in [-0.15, -0.1) is 0 Å². The average Bonchev–Trinajstić information content (AvgIpc) is 1.88. The van der Waals surface area contributed by atoms with Crippen molar-refractivity contribution in [1.82, 2.24) is 5.73 Å². The molecule has 1 aromatic carbocycles. The Hall–Kier alpha value is -0.960. The Morgan fingerprint density at radius 2 is 1.60 bits per heavy atom. The molecule has 1 aromatic rings. The maximum absolute atomic E-state index is 12.0. The number of rotatable bonds is 1. The molecule has 1 nitrogen and oxygen atoms in total. The van der Waals surface area contributed by atoms with Crippen LogP contribution in [0.3, 0.4) is 0 Å². The Balaban J connectivity index is 2.97. The summed E-state index contributed by atoms with van der Waals surface area (Å²) < 4.78 is 24.0. The molecule has 0 aliphatic heterocycles. The number of nitrogens with zero attached hydrogens (tertiary/aromatic N) is 1. The summed E-state index contributed by atoms with van der Waals surface area (Å²) in [6.07, 6.45) is 0. The van der Waals surface area contributed by atoms with E-state index >= 15 is 0 Å². The van der Waals surface area contributed by atoms with Crippen molar-refractivity contribution in [3.05, 3.63) is 35.9 Å². The first-order valence-electron chi connectivity index (χ1n) is 2.76. The third kappa shape index (κ3) is 1.51. The monoisotopic (exact) mass is 141 g/mol. The predicted octanol–water partition coefficient (Wildman–Crippen LogP) is 1.80. The van der Waals surface area contributed by atoms with Gasteiger partial charge < -0.3 is 0 Å². The number of benzene rings is 1. The van der Waals surface area contributed by atoms with E-state index in [2.05, 4.69) is 0 Å². The molecular weight excluding hydrogens is 136 g/mol. The van der Waals surface area contributed by atoms with Crippen LogP contribution in [0.1, 0.15) is 5.56 Å². The normalized spacial score (nSPS) is 11.5. The Morgan fingerprint density at radius 3 is 1.90 bits per heavy atom. The van der Waals surface area contributed by atoms with Gasteiger partial charge in [-0.3, -0.25) is 0 Å². The largest absolute Gasteiger partial charge is 0.359 e. The molecule has 0 aliphatic rings. The zero-order valence-electron chi connectivity index (χ0n) is 5.09. The second-order valence-electron chi connectivity index (χ2n) is 1.91. The minimum Gasteiger partial charge on any atom is -0.181 e. The van der Waals surface area contributed by atoms with Gasteiger partial charge in [0.05, 0.1) is 0 Å². The average molecular weight is 141 g/mol. The van der Waals surface area contributed by atoms with Crippen molar-refractivity contribution in [2.45, 2.75) is 6.05 Å². The molecule has 0 fully saturated rings. The van der Waals surface area contributed by atoms with E-state index in [-0.39, 0.29) is 5.56 Å². The third-order valence-corrected chi connectivity index (χ3v) is 1.12. The summed E-state index contributed by atoms with van der Waals surface area (Å²) in [5.74, 6) is 0. The lowest BCUT2D eigenvalue weighted by molar-refractivity contribution is -0.00597. The van der Waals surface area contributed by atoms with E-state index < -0.39 is 6.05 Å². The van der Waals surface area contributed by atoms with E-state index in [9.17, 15) is 8.78 Å². The van der Waals surface area contributed by atoms with Crippen LogP contribution in [0.2, 0.25) is 0 Å². The summed E-state index contributed by atoms with van der Waals surface area (Å²) in [5, 5.41) is 0. The van der Waals surface area contributed by atoms with Crippen molar-refractivity contribution in [3.8, 4) is 0 Å². The van der Waals surface area contributed by atoms with Gasteiger partial charge in [0.2, 0.25) is 0 Å². The predicted molar refractivity (Wildman–Crippen MR) is 32.5 cm³/mol. The van der Waals surface area contributed by atoms with Crippen molar-refractivity contribution >= 4 is 0 Å². The van der Waals surface area contributed by atoms with Crippen LogP contribution >= 0.6 is 0 Å². The van der Waals surface area contributed by atoms with Crippen molar-refractivity contribution in [2.75, 3.05) is 0 Å². The highest BCUT2D eigenvalue weighted by atomic mass is 19.3. The van der Waals surface area contributed by atoms with Crippen LogP contribution in [0, 0.1) is 0 Å². The van der Waals surface area contributed by atoms with E-state index in [1.807, 2.05) is 0 Å². The smallest absolute Gasteiger partial charge is 0.181 e. The second kappa shape index (κ2) is 2.34. The molecule has 0 amide bonds. The quantitative estimate of drug-likeness (QED) is 0.532. The first-order chi connectivity index (χ1) is 4.61. The summed E-state index contributed by atoms with van der Waals surface area (Å²) in [7, 11) is 0. The Labute approximate surface area is 57.5 Å². The van der Waals surface area contributed by atoms with E-state index in [4.69, 9.17) is 5.73 Å². The molecule has 10 heavy (non-hydrogen) atoms. The minimum absolute atomic E-state index is 0.380. The zero-order chi connectivity index (χ0) is 7.61. The highest BCUT2D eigenvalue weighted by molar-refractivity contribution is 5.18. The fourth-order valence-corrected chi connectivity index (χ4v) is 0.639. The van der Waals surface area contributed by atoms with Gasteiger partial charge in [0.1, 0.15) is 0 Å². The first kappa shape index (κ1) is 7.15. The summed E-state index contributed by atoms with van der Waals surface area (Å²) >= 11 is 0. The van der Waals surface area contributed by atoms with Gasteiger partial charge in [-0.05, 0) is 0 Å². The molecule has 2 radical (unpaired) electrons. The van der Waals surface area contributed by atoms with Crippen molar-refractivity contribution in [2.24, 2.45) is 0 Å². The van der Waals surface area contributed by atoms with Crippen molar-refractivity contribution in [1.29, 1.82) is 0 Å². The van der Waals surface area contributed by atoms with Gasteiger partial charge in [-0.1, -0.05) is 36.1 Å². The van der Waals surface area contributed by atoms with Gasteiger partial charge in [-0.2, -0.15) is 8.78 Å². The number of alkyl halides is 2. The topological polar surface area (TPSA) is 22.3 Å². The van der Waals surface area contributed by atoms with E-state index in [0.29, 0.717) is 0 Å². The summed E-state index contributed by atoms with van der Waals surface area (Å²) in [5.41, 5.74) is 7.78. The molecular formula is C7H5F2N. The first-order valence-corrected chi connectivity index (χ1v) is 2.76. The van der Waals surface area contributed by atoms with E-state index in [1.165, 1.54) is 24.3 Å². The van der Waals surface area contributed by atoms with Crippen LogP contribution in [0.5, 0.6) is 0 Å². The molecule has 0 saturated carbocycles. The number of halogens is 2. The molecule has 0 heterocycles. The molecule has 1 rings (SSSR count). The second-order valence-corrected chi connectivity index (χ2v) is 1.91. The maximum atomic E-state index is 12.0. The molecule has 52 valence electrons. The molecule has 0 atom stereocenters. The fraction of sp³-hybridized carbons (Fsp3) is 0.143. The number of hydrogen-bond donors (Lipinski definition) is 0. The van der Waals surface area contributed by atoms with Crippen molar-refractivity contribution < 1.29 is 8.78 Å². The van der Waals surface area contributed by atoms with Gasteiger partial charge in [-0.25, -0.2) is 0 Å². The molecule has 0 unspecified atom stereocenters. The highest BCUT2D eigenvalue weighted by Gasteiger charge is 2.27. The van der Waals surface area contributed by atoms with E-state index in [0.717, 1.165) is 0 Å². The third-order valence-electron chi connectivity index (χ3n) is 1.12. The standard InChI is InChI=1S/C7H5F2N/c8-7(9,10)6-4-2-1-3-5-6/h1-5H. The molecule has 0 aliphatic carbocycles. The molecule has 3 heteroatoms. The Kier molecular flexibility index (Phi) is 1.68. The lowest BCUT2D eigenvalue weighted by Crippen LogP contribution is -2.13. The van der Waals surface area contributed by atoms with Gasteiger partial charge in [0, 0.05) is 5.56 Å².